The van der Waals surface area contributed by atoms with E-state index in [2.05, 4.69) is 4.72 Å². The first-order valence-electron chi connectivity index (χ1n) is 6.94. The molecule has 1 heterocycles. The molecular formula is C12H26N2O4S. The van der Waals surface area contributed by atoms with Gasteiger partial charge in [0.1, 0.15) is 0 Å². The Balaban J connectivity index is 2.26. The molecule has 1 fully saturated rings. The van der Waals surface area contributed by atoms with Crippen LogP contribution in [0.3, 0.4) is 0 Å². The number of rotatable bonds is 9. The van der Waals surface area contributed by atoms with Crippen molar-refractivity contribution in [2.24, 2.45) is 5.92 Å². The number of aliphatic hydroxyl groups excluding tert-OH is 1. The molecule has 0 spiro atoms. The van der Waals surface area contributed by atoms with Crippen LogP contribution in [-0.2, 0) is 14.9 Å². The number of ether oxygens (including phenoxy) is 1. The number of unbranched alkanes of at least 4 members (excludes halogenated alkanes) is 2. The van der Waals surface area contributed by atoms with Gasteiger partial charge in [-0.25, -0.2) is 4.72 Å². The van der Waals surface area contributed by atoms with Gasteiger partial charge in [0.25, 0.3) is 10.2 Å². The van der Waals surface area contributed by atoms with Gasteiger partial charge in [-0.1, -0.05) is 0 Å². The summed E-state index contributed by atoms with van der Waals surface area (Å²) in [5, 5.41) is 9.12. The molecule has 1 atom stereocenters. The molecule has 2 N–H and O–H groups in total. The molecule has 7 heteroatoms. The van der Waals surface area contributed by atoms with E-state index in [-0.39, 0.29) is 12.5 Å². The first kappa shape index (κ1) is 16.8. The summed E-state index contributed by atoms with van der Waals surface area (Å²) in [6, 6.07) is 0. The van der Waals surface area contributed by atoms with Gasteiger partial charge in [-0.05, 0) is 38.0 Å². The van der Waals surface area contributed by atoms with Crippen LogP contribution >= 0.6 is 0 Å². The van der Waals surface area contributed by atoms with Crippen LogP contribution in [0.1, 0.15) is 32.1 Å². The quantitative estimate of drug-likeness (QED) is 0.601. The van der Waals surface area contributed by atoms with Gasteiger partial charge in [0.05, 0.1) is 0 Å². The number of methoxy groups -OCH3 is 1. The predicted molar refractivity (Wildman–Crippen MR) is 74.0 cm³/mol. The van der Waals surface area contributed by atoms with Gasteiger partial charge >= 0.3 is 0 Å². The standard InChI is InChI=1S/C12H26N2O4S/c1-18-9-4-2-3-7-13-19(16,17)14-8-5-6-12(10-14)11-15/h12-13,15H,2-11H2,1H3. The third-order valence-electron chi connectivity index (χ3n) is 3.39. The Bertz CT molecular complexity index is 335. The Kier molecular flexibility index (Phi) is 7.86. The van der Waals surface area contributed by atoms with Gasteiger partial charge in [0.2, 0.25) is 0 Å². The minimum absolute atomic E-state index is 0.0586. The van der Waals surface area contributed by atoms with Crippen molar-refractivity contribution in [1.29, 1.82) is 0 Å². The van der Waals surface area contributed by atoms with E-state index < -0.39 is 10.2 Å². The second-order valence-electron chi connectivity index (χ2n) is 5.00. The van der Waals surface area contributed by atoms with Crippen LogP contribution in [0.2, 0.25) is 0 Å². The molecule has 0 aromatic rings. The molecular weight excluding hydrogens is 268 g/mol. The number of hydrogen-bond acceptors (Lipinski definition) is 4. The van der Waals surface area contributed by atoms with Gasteiger partial charge in [-0.2, -0.15) is 12.7 Å². The Hall–Kier alpha value is -0.210. The zero-order valence-corrected chi connectivity index (χ0v) is 12.5. The molecule has 1 aliphatic heterocycles. The minimum Gasteiger partial charge on any atom is -0.396 e. The number of nitrogens with one attached hydrogen (secondary N) is 1. The Morgan fingerprint density at radius 2 is 2.16 bits per heavy atom. The zero-order valence-electron chi connectivity index (χ0n) is 11.7. The molecule has 1 saturated heterocycles. The van der Waals surface area contributed by atoms with Crippen LogP contribution in [0, 0.1) is 5.92 Å². The van der Waals surface area contributed by atoms with Gasteiger partial charge in [0.15, 0.2) is 0 Å². The molecule has 0 bridgehead atoms. The fraction of sp³-hybridized carbons (Fsp3) is 1.00. The molecule has 0 aromatic heterocycles. The Labute approximate surface area is 116 Å². The van der Waals surface area contributed by atoms with Crippen LogP contribution in [0.15, 0.2) is 0 Å². The van der Waals surface area contributed by atoms with Gasteiger partial charge in [-0.3, -0.25) is 0 Å². The third-order valence-corrected chi connectivity index (χ3v) is 4.97. The van der Waals surface area contributed by atoms with Crippen LogP contribution in [0.25, 0.3) is 0 Å². The number of piperidine rings is 1. The zero-order chi connectivity index (χ0) is 14.1. The minimum atomic E-state index is -3.38. The van der Waals surface area contributed by atoms with Crippen molar-refractivity contribution in [2.75, 3.05) is 40.0 Å². The first-order chi connectivity index (χ1) is 9.10. The SMILES string of the molecule is COCCCCCNS(=O)(=O)N1CCCC(CO)C1. The topological polar surface area (TPSA) is 78.9 Å². The lowest BCUT2D eigenvalue weighted by molar-refractivity contribution is 0.164. The van der Waals surface area contributed by atoms with Crippen LogP contribution in [0.4, 0.5) is 0 Å². The summed E-state index contributed by atoms with van der Waals surface area (Å²) in [7, 11) is -1.71. The lowest BCUT2D eigenvalue weighted by atomic mass is 10.0. The molecule has 114 valence electrons. The molecule has 1 aliphatic rings. The molecule has 0 saturated carbocycles. The third kappa shape index (κ3) is 6.18. The average molecular weight is 294 g/mol. The van der Waals surface area contributed by atoms with Gasteiger partial charge in [0, 0.05) is 40.0 Å². The molecule has 0 radical (unpaired) electrons. The second kappa shape index (κ2) is 8.86. The normalized spacial score (nSPS) is 21.7. The van der Waals surface area contributed by atoms with Crippen LogP contribution in [-0.4, -0.2) is 57.8 Å². The first-order valence-corrected chi connectivity index (χ1v) is 8.38. The maximum atomic E-state index is 12.0. The molecule has 19 heavy (non-hydrogen) atoms. The maximum Gasteiger partial charge on any atom is 0.279 e. The molecule has 1 unspecified atom stereocenters. The van der Waals surface area contributed by atoms with Crippen molar-refractivity contribution in [2.45, 2.75) is 32.1 Å². The van der Waals surface area contributed by atoms with E-state index >= 15 is 0 Å². The molecule has 6 nitrogen and oxygen atoms in total. The Morgan fingerprint density at radius 1 is 1.37 bits per heavy atom. The summed E-state index contributed by atoms with van der Waals surface area (Å²) in [5.74, 6) is 0.0760. The Morgan fingerprint density at radius 3 is 2.84 bits per heavy atom. The molecule has 0 aliphatic carbocycles. The fourth-order valence-corrected chi connectivity index (χ4v) is 3.60. The summed E-state index contributed by atoms with van der Waals surface area (Å²) >= 11 is 0. The van der Waals surface area contributed by atoms with Gasteiger partial charge in [-0.15, -0.1) is 0 Å². The smallest absolute Gasteiger partial charge is 0.279 e. The van der Waals surface area contributed by atoms with E-state index in [9.17, 15) is 8.42 Å². The van der Waals surface area contributed by atoms with E-state index in [1.807, 2.05) is 0 Å². The van der Waals surface area contributed by atoms with Crippen molar-refractivity contribution < 1.29 is 18.3 Å². The summed E-state index contributed by atoms with van der Waals surface area (Å²) in [6.07, 6.45) is 4.45. The van der Waals surface area contributed by atoms with E-state index in [0.29, 0.717) is 19.6 Å². The largest absolute Gasteiger partial charge is 0.396 e. The van der Waals surface area contributed by atoms with Crippen molar-refractivity contribution >= 4 is 10.2 Å². The summed E-state index contributed by atoms with van der Waals surface area (Å²) in [4.78, 5) is 0. The number of hydrogen-bond donors (Lipinski definition) is 2. The molecule has 0 aromatic carbocycles. The van der Waals surface area contributed by atoms with E-state index in [1.165, 1.54) is 4.31 Å². The highest BCUT2D eigenvalue weighted by Gasteiger charge is 2.27. The van der Waals surface area contributed by atoms with Crippen molar-refractivity contribution in [3.63, 3.8) is 0 Å². The molecule has 0 amide bonds. The second-order valence-corrected chi connectivity index (χ2v) is 6.76. The van der Waals surface area contributed by atoms with E-state index in [1.54, 1.807) is 7.11 Å². The summed E-state index contributed by atoms with van der Waals surface area (Å²) < 4.78 is 33.1. The van der Waals surface area contributed by atoms with E-state index in [4.69, 9.17) is 9.84 Å². The molecule has 1 rings (SSSR count). The number of aliphatic hydroxyl groups is 1. The summed E-state index contributed by atoms with van der Waals surface area (Å²) in [5.41, 5.74) is 0. The van der Waals surface area contributed by atoms with Crippen LogP contribution < -0.4 is 4.72 Å². The van der Waals surface area contributed by atoms with E-state index in [0.717, 1.165) is 38.7 Å². The number of nitrogens with zero attached hydrogens (tertiary/aromatic N) is 1. The lowest BCUT2D eigenvalue weighted by Crippen LogP contribution is -2.46. The van der Waals surface area contributed by atoms with Crippen LogP contribution in [0.5, 0.6) is 0 Å². The highest BCUT2D eigenvalue weighted by molar-refractivity contribution is 7.87. The maximum absolute atomic E-state index is 12.0. The van der Waals surface area contributed by atoms with Crippen molar-refractivity contribution in [1.82, 2.24) is 9.03 Å². The lowest BCUT2D eigenvalue weighted by Gasteiger charge is -2.30. The highest BCUT2D eigenvalue weighted by atomic mass is 32.2. The van der Waals surface area contributed by atoms with Gasteiger partial charge < -0.3 is 9.84 Å². The summed E-state index contributed by atoms with van der Waals surface area (Å²) in [6.45, 7) is 2.22. The predicted octanol–water partition coefficient (Wildman–Crippen LogP) is 0.342. The highest BCUT2D eigenvalue weighted by Crippen LogP contribution is 2.17. The van der Waals surface area contributed by atoms with Crippen molar-refractivity contribution in [3.8, 4) is 0 Å². The average Bonchev–Trinajstić information content (AvgIpc) is 2.43. The van der Waals surface area contributed by atoms with Crippen molar-refractivity contribution in [3.05, 3.63) is 0 Å². The fourth-order valence-electron chi connectivity index (χ4n) is 2.23. The monoisotopic (exact) mass is 294 g/mol.